The van der Waals surface area contributed by atoms with Crippen molar-refractivity contribution in [2.45, 2.75) is 13.2 Å². The molecule has 0 unspecified atom stereocenters. The van der Waals surface area contributed by atoms with Crippen molar-refractivity contribution in [1.82, 2.24) is 0 Å². The minimum atomic E-state index is -0.500. The molecule has 2 rings (SSSR count). The summed E-state index contributed by atoms with van der Waals surface area (Å²) in [5.41, 5.74) is 1.77. The Bertz CT molecular complexity index is 713. The molecule has 7 heteroatoms. The monoisotopic (exact) mass is 315 g/mol. The Kier molecular flexibility index (Phi) is 5.27. The van der Waals surface area contributed by atoms with Crippen LogP contribution < -0.4 is 10.1 Å². The highest BCUT2D eigenvalue weighted by molar-refractivity contribution is 5.95. The van der Waals surface area contributed by atoms with E-state index < -0.39 is 10.8 Å². The van der Waals surface area contributed by atoms with Gasteiger partial charge in [0.2, 0.25) is 5.91 Å². The zero-order valence-electron chi connectivity index (χ0n) is 12.2. The highest BCUT2D eigenvalue weighted by Gasteiger charge is 2.08. The Hall–Kier alpha value is -2.93. The van der Waals surface area contributed by atoms with Crippen molar-refractivity contribution in [2.75, 3.05) is 5.32 Å². The first-order valence-electron chi connectivity index (χ1n) is 6.72. The predicted octanol–water partition coefficient (Wildman–Crippen LogP) is 2.44. The summed E-state index contributed by atoms with van der Waals surface area (Å²) in [7, 11) is 0. The molecule has 0 heterocycles. The van der Waals surface area contributed by atoms with Crippen LogP contribution >= 0.6 is 0 Å². The number of benzene rings is 2. The summed E-state index contributed by atoms with van der Waals surface area (Å²) < 4.78 is 5.63. The molecule has 0 spiro atoms. The molecule has 1 amide bonds. The number of ether oxygens (including phenoxy) is 1. The number of aliphatic hydroxyl groups excluding tert-OH is 1. The minimum Gasteiger partial charge on any atom is -0.487 e. The maximum Gasteiger partial charge on any atom is 0.269 e. The summed E-state index contributed by atoms with van der Waals surface area (Å²) in [6, 6.07) is 10.9. The molecular weight excluding hydrogens is 300 g/mol. The molecule has 0 aliphatic heterocycles. The Morgan fingerprint density at radius 1 is 1.22 bits per heavy atom. The number of nitrogens with one attached hydrogen (secondary N) is 1. The van der Waals surface area contributed by atoms with Crippen LogP contribution in [0.4, 0.5) is 11.4 Å². The van der Waals surface area contributed by atoms with E-state index in [0.29, 0.717) is 17.0 Å². The Balaban J connectivity index is 2.12. The number of carbonyl (C=O) groups excluding carboxylic acids is 1. The Labute approximate surface area is 132 Å². The van der Waals surface area contributed by atoms with Gasteiger partial charge in [0, 0.05) is 19.1 Å². The number of non-ortho nitro benzene ring substituents is 1. The van der Waals surface area contributed by atoms with Gasteiger partial charge in [0.1, 0.15) is 12.4 Å². The molecule has 23 heavy (non-hydrogen) atoms. The lowest BCUT2D eigenvalue weighted by Crippen LogP contribution is -2.09. The first-order valence-corrected chi connectivity index (χ1v) is 6.72. The van der Waals surface area contributed by atoms with Gasteiger partial charge in [-0.3, -0.25) is 14.9 Å². The third-order valence-corrected chi connectivity index (χ3v) is 3.04. The lowest BCUT2D eigenvalue weighted by atomic mass is 10.2. The molecule has 0 bridgehead atoms. The van der Waals surface area contributed by atoms with Crippen LogP contribution in [-0.4, -0.2) is 15.9 Å². The zero-order valence-corrected chi connectivity index (χ0v) is 12.2. The maximum absolute atomic E-state index is 11.1. The first kappa shape index (κ1) is 16.4. The van der Waals surface area contributed by atoms with Gasteiger partial charge in [0.15, 0.2) is 0 Å². The fourth-order valence-corrected chi connectivity index (χ4v) is 1.92. The van der Waals surface area contributed by atoms with E-state index in [2.05, 4.69) is 12.2 Å². The SMILES string of the molecule is [CH2]C(=O)Nc1cc(CO)ccc1OCc1ccc([N+](=O)[O-])cc1. The van der Waals surface area contributed by atoms with E-state index in [9.17, 15) is 14.9 Å². The van der Waals surface area contributed by atoms with E-state index in [1.807, 2.05) is 0 Å². The summed E-state index contributed by atoms with van der Waals surface area (Å²) in [6.07, 6.45) is 0. The number of amides is 1. The number of nitro groups is 1. The molecule has 2 N–H and O–H groups in total. The van der Waals surface area contributed by atoms with Crippen molar-refractivity contribution in [1.29, 1.82) is 0 Å². The summed E-state index contributed by atoms with van der Waals surface area (Å²) in [5, 5.41) is 22.3. The van der Waals surface area contributed by atoms with Gasteiger partial charge in [-0.05, 0) is 35.4 Å². The third-order valence-electron chi connectivity index (χ3n) is 3.04. The first-order chi connectivity index (χ1) is 11.0. The van der Waals surface area contributed by atoms with Crippen LogP contribution in [-0.2, 0) is 18.0 Å². The van der Waals surface area contributed by atoms with E-state index in [-0.39, 0.29) is 18.9 Å². The molecule has 0 aromatic heterocycles. The number of hydrogen-bond donors (Lipinski definition) is 2. The van der Waals surface area contributed by atoms with Crippen molar-refractivity contribution >= 4 is 17.3 Å². The molecule has 0 aliphatic carbocycles. The van der Waals surface area contributed by atoms with Gasteiger partial charge >= 0.3 is 0 Å². The predicted molar refractivity (Wildman–Crippen MR) is 83.8 cm³/mol. The van der Waals surface area contributed by atoms with Crippen LogP contribution in [0.3, 0.4) is 0 Å². The number of rotatable bonds is 6. The van der Waals surface area contributed by atoms with Gasteiger partial charge in [-0.2, -0.15) is 0 Å². The van der Waals surface area contributed by atoms with E-state index in [0.717, 1.165) is 5.56 Å². The number of nitro benzene ring substituents is 1. The number of anilines is 1. The lowest BCUT2D eigenvalue weighted by Gasteiger charge is -2.13. The normalized spacial score (nSPS) is 10.2. The molecule has 0 aliphatic rings. The van der Waals surface area contributed by atoms with Crippen LogP contribution in [0, 0.1) is 17.0 Å². The highest BCUT2D eigenvalue weighted by atomic mass is 16.6. The molecule has 2 aromatic carbocycles. The van der Waals surface area contributed by atoms with Crippen molar-refractivity contribution < 1.29 is 19.6 Å². The van der Waals surface area contributed by atoms with Crippen LogP contribution in [0.2, 0.25) is 0 Å². The quantitative estimate of drug-likeness (QED) is 0.629. The second-order valence-corrected chi connectivity index (χ2v) is 4.75. The van der Waals surface area contributed by atoms with Gasteiger partial charge in [-0.15, -0.1) is 0 Å². The van der Waals surface area contributed by atoms with Gasteiger partial charge in [-0.25, -0.2) is 0 Å². The van der Waals surface area contributed by atoms with Crippen LogP contribution in [0.1, 0.15) is 11.1 Å². The summed E-state index contributed by atoms with van der Waals surface area (Å²) in [4.78, 5) is 21.3. The topological polar surface area (TPSA) is 102 Å². The smallest absolute Gasteiger partial charge is 0.269 e. The fourth-order valence-electron chi connectivity index (χ4n) is 1.92. The average molecular weight is 315 g/mol. The van der Waals surface area contributed by atoms with Crippen molar-refractivity contribution in [3.05, 3.63) is 70.6 Å². The van der Waals surface area contributed by atoms with Gasteiger partial charge in [-0.1, -0.05) is 6.07 Å². The number of carbonyl (C=O) groups is 1. The van der Waals surface area contributed by atoms with Gasteiger partial charge in [0.05, 0.1) is 17.2 Å². The summed E-state index contributed by atoms with van der Waals surface area (Å²) >= 11 is 0. The van der Waals surface area contributed by atoms with E-state index in [1.165, 1.54) is 12.1 Å². The molecule has 1 radical (unpaired) electrons. The number of aliphatic hydroxyl groups is 1. The van der Waals surface area contributed by atoms with Crippen molar-refractivity contribution in [3.63, 3.8) is 0 Å². The third kappa shape index (κ3) is 4.52. The largest absolute Gasteiger partial charge is 0.487 e. The molecular formula is C16H15N2O5. The van der Waals surface area contributed by atoms with Crippen LogP contribution in [0.25, 0.3) is 0 Å². The van der Waals surface area contributed by atoms with Crippen LogP contribution in [0.5, 0.6) is 5.75 Å². The number of nitrogens with zero attached hydrogens (tertiary/aromatic N) is 1. The number of hydrogen-bond acceptors (Lipinski definition) is 5. The molecule has 0 fully saturated rings. The molecule has 0 saturated carbocycles. The standard InChI is InChI=1S/C16H15N2O5/c1-11(20)17-15-8-13(9-19)4-7-16(15)23-10-12-2-5-14(6-3-12)18(21)22/h2-8,19H,1,9-10H2,(H,17,20). The maximum atomic E-state index is 11.1. The zero-order chi connectivity index (χ0) is 16.8. The summed E-state index contributed by atoms with van der Waals surface area (Å²) in [5.74, 6) is -0.0853. The van der Waals surface area contributed by atoms with Crippen molar-refractivity contribution in [3.8, 4) is 5.75 Å². The van der Waals surface area contributed by atoms with E-state index in [1.54, 1.807) is 30.3 Å². The van der Waals surface area contributed by atoms with E-state index in [4.69, 9.17) is 9.84 Å². The summed E-state index contributed by atoms with van der Waals surface area (Å²) in [6.45, 7) is 3.26. The highest BCUT2D eigenvalue weighted by Crippen LogP contribution is 2.27. The lowest BCUT2D eigenvalue weighted by molar-refractivity contribution is -0.384. The van der Waals surface area contributed by atoms with Gasteiger partial charge in [0.25, 0.3) is 5.69 Å². The minimum absolute atomic E-state index is 0.00561. The molecule has 0 atom stereocenters. The molecule has 2 aromatic rings. The van der Waals surface area contributed by atoms with Crippen LogP contribution in [0.15, 0.2) is 42.5 Å². The molecule has 0 saturated heterocycles. The fraction of sp³-hybridized carbons (Fsp3) is 0.125. The van der Waals surface area contributed by atoms with E-state index >= 15 is 0 Å². The van der Waals surface area contributed by atoms with Crippen molar-refractivity contribution in [2.24, 2.45) is 0 Å². The molecule has 7 nitrogen and oxygen atoms in total. The molecule has 119 valence electrons. The second-order valence-electron chi connectivity index (χ2n) is 4.75. The average Bonchev–Trinajstić information content (AvgIpc) is 2.53. The van der Waals surface area contributed by atoms with Gasteiger partial charge < -0.3 is 15.2 Å². The second kappa shape index (κ2) is 7.37. The Morgan fingerprint density at radius 3 is 2.43 bits per heavy atom. The Morgan fingerprint density at radius 2 is 1.87 bits per heavy atom.